The van der Waals surface area contributed by atoms with Crippen molar-refractivity contribution in [2.75, 3.05) is 0 Å². The van der Waals surface area contributed by atoms with Gasteiger partial charge in [0.2, 0.25) is 0 Å². The molecule has 0 saturated heterocycles. The second kappa shape index (κ2) is 12.6. The molecule has 1 aliphatic rings. The number of thiophene rings is 1. The van der Waals surface area contributed by atoms with Crippen LogP contribution >= 0.6 is 11.3 Å². The molecule has 6 heteroatoms. The second-order valence-corrected chi connectivity index (χ2v) is 15.7. The zero-order valence-electron chi connectivity index (χ0n) is 30.6. The van der Waals surface area contributed by atoms with E-state index in [4.69, 9.17) is 14.4 Å². The van der Waals surface area contributed by atoms with Gasteiger partial charge in [0.25, 0.3) is 0 Å². The van der Waals surface area contributed by atoms with Crippen molar-refractivity contribution >= 4 is 86.9 Å². The Morgan fingerprint density at radius 1 is 0.491 bits per heavy atom. The van der Waals surface area contributed by atoms with Crippen molar-refractivity contribution in [3.05, 3.63) is 199 Å². The highest BCUT2D eigenvalue weighted by Crippen LogP contribution is 2.43. The fourth-order valence-electron chi connectivity index (χ4n) is 8.58. The SMILES string of the molecule is c1ccc(C2=NC(c3ccc4oc5cc(-c6ccc7sc8cccc(-n9c%10ccccc%10c%10ccccc%109)c8c7c6)ccc5c4c3)NC(c3ccccc3)=N2)cc1. The van der Waals surface area contributed by atoms with Crippen LogP contribution in [0, 0.1) is 0 Å². The lowest BCUT2D eigenvalue weighted by molar-refractivity contribution is 0.663. The normalized spacial score (nSPS) is 14.5. The van der Waals surface area contributed by atoms with Crippen LogP contribution in [-0.4, -0.2) is 16.2 Å². The van der Waals surface area contributed by atoms with Gasteiger partial charge in [-0.3, -0.25) is 0 Å². The van der Waals surface area contributed by atoms with Gasteiger partial charge >= 0.3 is 0 Å². The summed E-state index contributed by atoms with van der Waals surface area (Å²) in [7, 11) is 0. The van der Waals surface area contributed by atoms with Crippen LogP contribution in [0.3, 0.4) is 0 Å². The minimum atomic E-state index is -0.318. The van der Waals surface area contributed by atoms with Gasteiger partial charge in [0.05, 0.1) is 16.7 Å². The molecule has 11 aromatic rings. The Bertz CT molecular complexity index is 3390. The number of rotatable bonds is 5. The van der Waals surface area contributed by atoms with E-state index in [0.29, 0.717) is 5.84 Å². The van der Waals surface area contributed by atoms with Crippen molar-refractivity contribution in [3.8, 4) is 16.8 Å². The first kappa shape index (κ1) is 32.0. The Kier molecular flexibility index (Phi) is 7.09. The van der Waals surface area contributed by atoms with E-state index in [2.05, 4.69) is 155 Å². The zero-order valence-corrected chi connectivity index (χ0v) is 31.4. The lowest BCUT2D eigenvalue weighted by atomic mass is 10.0. The molecule has 0 amide bonds. The summed E-state index contributed by atoms with van der Waals surface area (Å²) in [6.07, 6.45) is -0.318. The summed E-state index contributed by atoms with van der Waals surface area (Å²) in [6.45, 7) is 0. The third-order valence-electron chi connectivity index (χ3n) is 11.3. The number of aliphatic imine (C=N–C) groups is 2. The first-order valence-electron chi connectivity index (χ1n) is 19.2. The standard InChI is InChI=1S/C51H32N4OS/c1-3-12-31(13-4-1)49-52-50(32-14-5-2-6-15-32)54-51(53-49)35-23-26-44-39(29-35)38-25-22-34(30-45(38)56-44)33-24-27-46-40(28-33)48-43(20-11-21-47(48)57-46)55-41-18-9-7-16-36(41)37-17-8-10-19-42(37)55/h1-30,51H,(H,52,53,54). The highest BCUT2D eigenvalue weighted by Gasteiger charge is 2.23. The van der Waals surface area contributed by atoms with Gasteiger partial charge in [-0.25, -0.2) is 9.98 Å². The molecular formula is C51H32N4OS. The average molecular weight is 749 g/mol. The Hall–Kier alpha value is -7.28. The van der Waals surface area contributed by atoms with Gasteiger partial charge in [-0.1, -0.05) is 121 Å². The summed E-state index contributed by atoms with van der Waals surface area (Å²) in [5.74, 6) is 1.51. The molecule has 1 aliphatic heterocycles. The molecule has 5 nitrogen and oxygen atoms in total. The number of fused-ring (bicyclic) bond motifs is 9. The molecule has 12 rings (SSSR count). The van der Waals surface area contributed by atoms with E-state index >= 15 is 0 Å². The smallest absolute Gasteiger partial charge is 0.159 e. The topological polar surface area (TPSA) is 54.8 Å². The molecule has 0 fully saturated rings. The van der Waals surface area contributed by atoms with Crippen molar-refractivity contribution in [3.63, 3.8) is 0 Å². The van der Waals surface area contributed by atoms with E-state index < -0.39 is 0 Å². The highest BCUT2D eigenvalue weighted by atomic mass is 32.1. The summed E-state index contributed by atoms with van der Waals surface area (Å²) in [6, 6.07) is 64.4. The van der Waals surface area contributed by atoms with Crippen LogP contribution < -0.4 is 5.32 Å². The fraction of sp³-hybridized carbons (Fsp3) is 0.0196. The number of nitrogens with one attached hydrogen (secondary N) is 1. The third-order valence-corrected chi connectivity index (χ3v) is 12.4. The monoisotopic (exact) mass is 748 g/mol. The number of aromatic nitrogens is 1. The first-order valence-corrected chi connectivity index (χ1v) is 20.0. The Labute approximate surface area is 331 Å². The van der Waals surface area contributed by atoms with E-state index in [1.54, 1.807) is 0 Å². The van der Waals surface area contributed by atoms with Gasteiger partial charge in [-0.15, -0.1) is 11.3 Å². The van der Waals surface area contributed by atoms with E-state index in [-0.39, 0.29) is 6.17 Å². The predicted molar refractivity (Wildman–Crippen MR) is 238 cm³/mol. The van der Waals surface area contributed by atoms with Crippen LogP contribution in [0.25, 0.3) is 80.7 Å². The van der Waals surface area contributed by atoms with Crippen molar-refractivity contribution in [1.82, 2.24) is 9.88 Å². The number of amidine groups is 2. The molecule has 0 spiro atoms. The van der Waals surface area contributed by atoms with Gasteiger partial charge < -0.3 is 14.3 Å². The molecule has 1 atom stereocenters. The first-order chi connectivity index (χ1) is 28.2. The number of hydrogen-bond acceptors (Lipinski definition) is 5. The van der Waals surface area contributed by atoms with Crippen LogP contribution in [0.4, 0.5) is 0 Å². The summed E-state index contributed by atoms with van der Waals surface area (Å²) in [5.41, 5.74) is 10.7. The molecule has 4 heterocycles. The maximum absolute atomic E-state index is 6.55. The molecule has 1 N–H and O–H groups in total. The summed E-state index contributed by atoms with van der Waals surface area (Å²) < 4.78 is 11.5. The van der Waals surface area contributed by atoms with Crippen molar-refractivity contribution in [2.45, 2.75) is 6.17 Å². The molecule has 1 unspecified atom stereocenters. The molecule has 0 bridgehead atoms. The number of nitrogens with zero attached hydrogens (tertiary/aromatic N) is 3. The van der Waals surface area contributed by atoms with E-state index in [1.807, 2.05) is 47.7 Å². The Morgan fingerprint density at radius 2 is 1.19 bits per heavy atom. The predicted octanol–water partition coefficient (Wildman–Crippen LogP) is 13.2. The number of benzene rings is 8. The largest absolute Gasteiger partial charge is 0.456 e. The molecule has 0 saturated carbocycles. The van der Waals surface area contributed by atoms with Crippen molar-refractivity contribution < 1.29 is 4.42 Å². The second-order valence-electron chi connectivity index (χ2n) is 14.6. The van der Waals surface area contributed by atoms with Crippen LogP contribution in [-0.2, 0) is 0 Å². The molecule has 3 aromatic heterocycles. The van der Waals surface area contributed by atoms with Gasteiger partial charge in [-0.2, -0.15) is 0 Å². The number of hydrogen-bond donors (Lipinski definition) is 1. The average Bonchev–Trinajstić information content (AvgIpc) is 3.95. The summed E-state index contributed by atoms with van der Waals surface area (Å²) >= 11 is 1.85. The lowest BCUT2D eigenvalue weighted by Crippen LogP contribution is -2.33. The summed E-state index contributed by atoms with van der Waals surface area (Å²) in [4.78, 5) is 10.1. The summed E-state index contributed by atoms with van der Waals surface area (Å²) in [5, 5.41) is 10.8. The highest BCUT2D eigenvalue weighted by molar-refractivity contribution is 7.25. The van der Waals surface area contributed by atoms with E-state index in [9.17, 15) is 0 Å². The molecule has 0 aliphatic carbocycles. The third kappa shape index (κ3) is 5.15. The van der Waals surface area contributed by atoms with E-state index in [0.717, 1.165) is 55.6 Å². The van der Waals surface area contributed by atoms with Crippen LogP contribution in [0.15, 0.2) is 196 Å². The number of para-hydroxylation sites is 2. The maximum atomic E-state index is 6.55. The van der Waals surface area contributed by atoms with E-state index in [1.165, 1.54) is 47.7 Å². The van der Waals surface area contributed by atoms with Gasteiger partial charge in [0.15, 0.2) is 5.84 Å². The van der Waals surface area contributed by atoms with Crippen molar-refractivity contribution in [1.29, 1.82) is 0 Å². The minimum Gasteiger partial charge on any atom is -0.456 e. The van der Waals surface area contributed by atoms with Crippen LogP contribution in [0.2, 0.25) is 0 Å². The van der Waals surface area contributed by atoms with Crippen LogP contribution in [0.1, 0.15) is 22.9 Å². The molecular weight excluding hydrogens is 717 g/mol. The van der Waals surface area contributed by atoms with Crippen molar-refractivity contribution in [2.24, 2.45) is 9.98 Å². The molecule has 268 valence electrons. The van der Waals surface area contributed by atoms with Gasteiger partial charge in [0.1, 0.15) is 23.2 Å². The lowest BCUT2D eigenvalue weighted by Gasteiger charge is -2.23. The number of furan rings is 1. The Morgan fingerprint density at radius 3 is 1.98 bits per heavy atom. The minimum absolute atomic E-state index is 0.318. The Balaban J connectivity index is 0.951. The molecule has 8 aromatic carbocycles. The molecule has 57 heavy (non-hydrogen) atoms. The molecule has 0 radical (unpaired) electrons. The van der Waals surface area contributed by atoms with Gasteiger partial charge in [-0.05, 0) is 77.4 Å². The van der Waals surface area contributed by atoms with Crippen LogP contribution in [0.5, 0.6) is 0 Å². The quantitative estimate of drug-likeness (QED) is 0.191. The van der Waals surface area contributed by atoms with Gasteiger partial charge in [0, 0.05) is 52.8 Å². The maximum Gasteiger partial charge on any atom is 0.159 e. The fourth-order valence-corrected chi connectivity index (χ4v) is 9.69. The zero-order chi connectivity index (χ0) is 37.5.